The van der Waals surface area contributed by atoms with Gasteiger partial charge in [0.15, 0.2) is 9.84 Å². The van der Waals surface area contributed by atoms with Gasteiger partial charge in [-0.1, -0.05) is 0 Å². The molecule has 1 aliphatic rings. The highest BCUT2D eigenvalue weighted by atomic mass is 32.2. The molecule has 0 bridgehead atoms. The van der Waals surface area contributed by atoms with Crippen LogP contribution in [0.3, 0.4) is 0 Å². The number of carbonyl (C=O) groups is 1. The average Bonchev–Trinajstić information content (AvgIpc) is 1.97. The highest BCUT2D eigenvalue weighted by Gasteiger charge is 2.32. The lowest BCUT2D eigenvalue weighted by atomic mass is 10.1. The maximum absolute atomic E-state index is 11.9. The number of hydrogen-bond acceptors (Lipinski definition) is 3. The van der Waals surface area contributed by atoms with Gasteiger partial charge in [0.1, 0.15) is 0 Å². The first-order chi connectivity index (χ1) is 7.11. The van der Waals surface area contributed by atoms with E-state index in [1.807, 2.05) is 20.8 Å². The predicted octanol–water partition coefficient (Wildman–Crippen LogP) is 0.613. The fourth-order valence-corrected chi connectivity index (χ4v) is 3.25. The zero-order valence-electron chi connectivity index (χ0n) is 10.3. The van der Waals surface area contributed by atoms with Gasteiger partial charge in [-0.15, -0.1) is 0 Å². The molecule has 0 aromatic heterocycles. The van der Waals surface area contributed by atoms with Crippen LogP contribution in [0.15, 0.2) is 0 Å². The van der Waals surface area contributed by atoms with E-state index in [0.29, 0.717) is 0 Å². The van der Waals surface area contributed by atoms with Crippen LogP contribution in [0.1, 0.15) is 27.7 Å². The van der Waals surface area contributed by atoms with Gasteiger partial charge in [0.25, 0.3) is 0 Å². The molecule has 0 saturated carbocycles. The van der Waals surface area contributed by atoms with Gasteiger partial charge in [0.05, 0.1) is 11.5 Å². The van der Waals surface area contributed by atoms with Crippen molar-refractivity contribution in [3.05, 3.63) is 0 Å². The first-order valence-electron chi connectivity index (χ1n) is 5.40. The second-order valence-corrected chi connectivity index (χ2v) is 7.57. The molecule has 1 atom stereocenters. The molecule has 1 aliphatic heterocycles. The van der Waals surface area contributed by atoms with Crippen molar-refractivity contribution in [1.82, 2.24) is 10.2 Å². The molecule has 1 fully saturated rings. The molecule has 1 N–H and O–H groups in total. The van der Waals surface area contributed by atoms with Crippen LogP contribution in [0.25, 0.3) is 0 Å². The van der Waals surface area contributed by atoms with Crippen molar-refractivity contribution >= 4 is 15.9 Å². The lowest BCUT2D eigenvalue weighted by molar-refractivity contribution is 0.176. The summed E-state index contributed by atoms with van der Waals surface area (Å²) >= 11 is 0. The number of sulfone groups is 1. The SMILES string of the molecule is CC1CS(=O)(=O)CCN1C(=O)NC(C)(C)C. The molecule has 5 nitrogen and oxygen atoms in total. The third-order valence-electron chi connectivity index (χ3n) is 2.41. The van der Waals surface area contributed by atoms with Gasteiger partial charge in [-0.3, -0.25) is 0 Å². The maximum atomic E-state index is 11.9. The molecular weight excluding hydrogens is 228 g/mol. The topological polar surface area (TPSA) is 66.5 Å². The summed E-state index contributed by atoms with van der Waals surface area (Å²) in [6, 6.07) is -0.434. The van der Waals surface area contributed by atoms with Crippen LogP contribution in [0.5, 0.6) is 0 Å². The average molecular weight is 248 g/mol. The van der Waals surface area contributed by atoms with Crippen LogP contribution in [0.4, 0.5) is 4.79 Å². The third kappa shape index (κ3) is 3.66. The number of rotatable bonds is 0. The molecule has 16 heavy (non-hydrogen) atoms. The van der Waals surface area contributed by atoms with Gasteiger partial charge in [-0.05, 0) is 27.7 Å². The zero-order valence-corrected chi connectivity index (χ0v) is 11.1. The number of urea groups is 1. The minimum atomic E-state index is -2.96. The Labute approximate surface area is 97.1 Å². The maximum Gasteiger partial charge on any atom is 0.318 e. The van der Waals surface area contributed by atoms with Gasteiger partial charge >= 0.3 is 6.03 Å². The Morgan fingerprint density at radius 2 is 1.94 bits per heavy atom. The highest BCUT2D eigenvalue weighted by Crippen LogP contribution is 2.12. The minimum Gasteiger partial charge on any atom is -0.333 e. The fourth-order valence-electron chi connectivity index (χ4n) is 1.69. The van der Waals surface area contributed by atoms with E-state index in [2.05, 4.69) is 5.32 Å². The van der Waals surface area contributed by atoms with Crippen molar-refractivity contribution in [3.8, 4) is 0 Å². The smallest absolute Gasteiger partial charge is 0.318 e. The van der Waals surface area contributed by atoms with E-state index >= 15 is 0 Å². The molecule has 94 valence electrons. The summed E-state index contributed by atoms with van der Waals surface area (Å²) in [5, 5.41) is 2.84. The minimum absolute atomic E-state index is 0.0601. The summed E-state index contributed by atoms with van der Waals surface area (Å²) in [5.41, 5.74) is -0.298. The summed E-state index contributed by atoms with van der Waals surface area (Å²) in [5.74, 6) is 0.124. The van der Waals surface area contributed by atoms with Crippen molar-refractivity contribution in [3.63, 3.8) is 0 Å². The number of amides is 2. The normalized spacial score (nSPS) is 25.2. The predicted molar refractivity (Wildman–Crippen MR) is 63.1 cm³/mol. The fraction of sp³-hybridized carbons (Fsp3) is 0.900. The van der Waals surface area contributed by atoms with E-state index in [9.17, 15) is 13.2 Å². The Morgan fingerprint density at radius 1 is 1.38 bits per heavy atom. The summed E-state index contributed by atoms with van der Waals surface area (Å²) in [6.45, 7) is 7.74. The van der Waals surface area contributed by atoms with Crippen molar-refractivity contribution in [1.29, 1.82) is 0 Å². The summed E-state index contributed by atoms with van der Waals surface area (Å²) in [4.78, 5) is 13.4. The standard InChI is InChI=1S/C10H20N2O3S/c1-8-7-16(14,15)6-5-12(8)9(13)11-10(2,3)4/h8H,5-7H2,1-4H3,(H,11,13). The molecule has 0 aromatic rings. The first kappa shape index (κ1) is 13.3. The first-order valence-corrected chi connectivity index (χ1v) is 7.22. The van der Waals surface area contributed by atoms with Crippen molar-refractivity contribution in [2.75, 3.05) is 18.1 Å². The molecule has 2 amide bonds. The quantitative estimate of drug-likeness (QED) is 0.683. The van der Waals surface area contributed by atoms with E-state index in [4.69, 9.17) is 0 Å². The molecule has 6 heteroatoms. The van der Waals surface area contributed by atoms with Crippen LogP contribution >= 0.6 is 0 Å². The number of hydrogen-bond donors (Lipinski definition) is 1. The van der Waals surface area contributed by atoms with Gasteiger partial charge in [-0.25, -0.2) is 13.2 Å². The van der Waals surface area contributed by atoms with E-state index in [-0.39, 0.29) is 35.7 Å². The van der Waals surface area contributed by atoms with E-state index in [0.717, 1.165) is 0 Å². The number of nitrogens with zero attached hydrogens (tertiary/aromatic N) is 1. The Balaban J connectivity index is 2.66. The Kier molecular flexibility index (Phi) is 3.52. The molecule has 0 radical (unpaired) electrons. The van der Waals surface area contributed by atoms with Crippen molar-refractivity contribution < 1.29 is 13.2 Å². The van der Waals surface area contributed by atoms with Gasteiger partial charge in [-0.2, -0.15) is 0 Å². The van der Waals surface area contributed by atoms with Crippen LogP contribution in [0.2, 0.25) is 0 Å². The molecule has 1 heterocycles. The number of nitrogens with one attached hydrogen (secondary N) is 1. The van der Waals surface area contributed by atoms with E-state index < -0.39 is 9.84 Å². The second kappa shape index (κ2) is 4.24. The van der Waals surface area contributed by atoms with Crippen molar-refractivity contribution in [2.24, 2.45) is 0 Å². The number of carbonyl (C=O) groups excluding carboxylic acids is 1. The summed E-state index contributed by atoms with van der Waals surface area (Å²) in [6.07, 6.45) is 0. The largest absolute Gasteiger partial charge is 0.333 e. The second-order valence-electron chi connectivity index (χ2n) is 5.34. The molecule has 1 rings (SSSR count). The molecule has 1 saturated heterocycles. The van der Waals surface area contributed by atoms with Gasteiger partial charge in [0.2, 0.25) is 0 Å². The molecular formula is C10H20N2O3S. The monoisotopic (exact) mass is 248 g/mol. The van der Waals surface area contributed by atoms with Crippen LogP contribution in [-0.4, -0.2) is 49.0 Å². The highest BCUT2D eigenvalue weighted by molar-refractivity contribution is 7.91. The lowest BCUT2D eigenvalue weighted by Crippen LogP contribution is -2.56. The zero-order chi connectivity index (χ0) is 12.6. The lowest BCUT2D eigenvalue weighted by Gasteiger charge is -2.35. The van der Waals surface area contributed by atoms with Crippen LogP contribution < -0.4 is 5.32 Å². The Hall–Kier alpha value is -0.780. The molecule has 0 spiro atoms. The van der Waals surface area contributed by atoms with Crippen molar-refractivity contribution in [2.45, 2.75) is 39.3 Å². The summed E-state index contributed by atoms with van der Waals surface area (Å²) < 4.78 is 22.7. The van der Waals surface area contributed by atoms with Gasteiger partial charge in [0, 0.05) is 18.1 Å². The van der Waals surface area contributed by atoms with E-state index in [1.54, 1.807) is 11.8 Å². The van der Waals surface area contributed by atoms with Gasteiger partial charge < -0.3 is 10.2 Å². The molecule has 1 unspecified atom stereocenters. The van der Waals surface area contributed by atoms with Crippen LogP contribution in [-0.2, 0) is 9.84 Å². The Morgan fingerprint density at radius 3 is 2.38 bits per heavy atom. The Bertz CT molecular complexity index is 370. The van der Waals surface area contributed by atoms with Crippen LogP contribution in [0, 0.1) is 0 Å². The third-order valence-corrected chi connectivity index (χ3v) is 4.21. The molecule has 0 aliphatic carbocycles. The summed E-state index contributed by atoms with van der Waals surface area (Å²) in [7, 11) is -2.96. The van der Waals surface area contributed by atoms with E-state index in [1.165, 1.54) is 0 Å². The molecule has 0 aromatic carbocycles.